The van der Waals surface area contributed by atoms with Crippen LogP contribution in [0, 0.1) is 0 Å². The number of amides is 2. The van der Waals surface area contributed by atoms with Crippen LogP contribution >= 0.6 is 11.6 Å². The number of rotatable bonds is 10. The molecule has 2 aromatic rings. The number of ether oxygens (including phenoxy) is 2. The van der Waals surface area contributed by atoms with E-state index in [0.717, 1.165) is 0 Å². The lowest BCUT2D eigenvalue weighted by molar-refractivity contribution is -0.134. The van der Waals surface area contributed by atoms with Crippen LogP contribution in [0.15, 0.2) is 48.5 Å². The van der Waals surface area contributed by atoms with Gasteiger partial charge in [0.1, 0.15) is 11.5 Å². The van der Waals surface area contributed by atoms with Crippen molar-refractivity contribution >= 4 is 29.1 Å². The predicted molar refractivity (Wildman–Crippen MR) is 110 cm³/mol. The summed E-state index contributed by atoms with van der Waals surface area (Å²) >= 11 is 5.83. The van der Waals surface area contributed by atoms with Gasteiger partial charge in [0.05, 0.1) is 25.9 Å². The second-order valence-electron chi connectivity index (χ2n) is 6.06. The van der Waals surface area contributed by atoms with Crippen LogP contribution in [0.2, 0.25) is 5.02 Å². The van der Waals surface area contributed by atoms with Crippen molar-refractivity contribution in [3.8, 4) is 11.5 Å². The van der Waals surface area contributed by atoms with Gasteiger partial charge in [0.15, 0.2) is 0 Å². The van der Waals surface area contributed by atoms with Gasteiger partial charge in [0.25, 0.3) is 0 Å². The molecular formula is C21H25ClN2O4. The molecule has 0 aromatic heterocycles. The highest BCUT2D eigenvalue weighted by molar-refractivity contribution is 6.30. The molecule has 0 bridgehead atoms. The molecule has 0 atom stereocenters. The number of hydrogen-bond donors (Lipinski definition) is 1. The minimum Gasteiger partial charge on any atom is -0.495 e. The van der Waals surface area contributed by atoms with Crippen molar-refractivity contribution in [1.29, 1.82) is 0 Å². The second kappa shape index (κ2) is 11.2. The van der Waals surface area contributed by atoms with Crippen molar-refractivity contribution in [3.05, 3.63) is 53.6 Å². The molecule has 150 valence electrons. The first kappa shape index (κ1) is 21.6. The maximum absolute atomic E-state index is 12.4. The number of benzene rings is 2. The van der Waals surface area contributed by atoms with E-state index >= 15 is 0 Å². The zero-order valence-electron chi connectivity index (χ0n) is 16.1. The topological polar surface area (TPSA) is 67.9 Å². The number of para-hydroxylation sites is 2. The molecule has 0 fully saturated rings. The largest absolute Gasteiger partial charge is 0.495 e. The molecule has 0 spiro atoms. The summed E-state index contributed by atoms with van der Waals surface area (Å²) in [5.41, 5.74) is 0.579. The molecule has 0 heterocycles. The lowest BCUT2D eigenvalue weighted by Gasteiger charge is -2.21. The van der Waals surface area contributed by atoms with Crippen molar-refractivity contribution in [3.63, 3.8) is 0 Å². The van der Waals surface area contributed by atoms with E-state index in [1.54, 1.807) is 43.5 Å². The van der Waals surface area contributed by atoms with Crippen LogP contribution in [-0.2, 0) is 9.59 Å². The van der Waals surface area contributed by atoms with Gasteiger partial charge < -0.3 is 19.7 Å². The number of nitrogens with zero attached hydrogens (tertiary/aromatic N) is 1. The van der Waals surface area contributed by atoms with E-state index in [1.165, 1.54) is 4.90 Å². The molecule has 0 aliphatic carbocycles. The molecule has 1 N–H and O–H groups in total. The summed E-state index contributed by atoms with van der Waals surface area (Å²) in [5.74, 6) is 0.930. The Balaban J connectivity index is 1.77. The SMILES string of the molecule is CCN(CC(=O)Nc1ccccc1OC)C(=O)CCCOc1ccc(Cl)cc1. The number of methoxy groups -OCH3 is 1. The summed E-state index contributed by atoms with van der Waals surface area (Å²) in [5, 5.41) is 3.43. The lowest BCUT2D eigenvalue weighted by Crippen LogP contribution is -2.37. The number of halogens is 1. The first-order valence-corrected chi connectivity index (χ1v) is 9.50. The van der Waals surface area contributed by atoms with Crippen LogP contribution in [0.5, 0.6) is 11.5 Å². The molecule has 0 aliphatic heterocycles. The Kier molecular flexibility index (Phi) is 8.62. The monoisotopic (exact) mass is 404 g/mol. The average Bonchev–Trinajstić information content (AvgIpc) is 2.71. The molecule has 0 aliphatic rings. The van der Waals surface area contributed by atoms with Crippen molar-refractivity contribution < 1.29 is 19.1 Å². The fourth-order valence-electron chi connectivity index (χ4n) is 2.59. The van der Waals surface area contributed by atoms with Crippen LogP contribution in [0.4, 0.5) is 5.69 Å². The summed E-state index contributed by atoms with van der Waals surface area (Å²) in [6.07, 6.45) is 0.870. The highest BCUT2D eigenvalue weighted by atomic mass is 35.5. The van der Waals surface area contributed by atoms with Gasteiger partial charge in [-0.25, -0.2) is 0 Å². The van der Waals surface area contributed by atoms with Crippen molar-refractivity contribution in [2.24, 2.45) is 0 Å². The van der Waals surface area contributed by atoms with E-state index in [0.29, 0.717) is 48.2 Å². The summed E-state index contributed by atoms with van der Waals surface area (Å²) < 4.78 is 10.8. The number of carbonyl (C=O) groups is 2. The van der Waals surface area contributed by atoms with E-state index in [-0.39, 0.29) is 18.4 Å². The summed E-state index contributed by atoms with van der Waals surface area (Å²) in [6.45, 7) is 2.71. The van der Waals surface area contributed by atoms with E-state index in [1.807, 2.05) is 19.1 Å². The Morgan fingerprint density at radius 1 is 1.11 bits per heavy atom. The molecule has 0 unspecified atom stereocenters. The molecule has 6 nitrogen and oxygen atoms in total. The van der Waals surface area contributed by atoms with E-state index in [9.17, 15) is 9.59 Å². The number of anilines is 1. The normalized spacial score (nSPS) is 10.2. The average molecular weight is 405 g/mol. The minimum absolute atomic E-state index is 0.00851. The number of likely N-dealkylation sites (N-methyl/N-ethyl adjacent to an activating group) is 1. The third-order valence-electron chi connectivity index (χ3n) is 4.07. The smallest absolute Gasteiger partial charge is 0.244 e. The zero-order chi connectivity index (χ0) is 20.4. The zero-order valence-corrected chi connectivity index (χ0v) is 16.9. The molecule has 2 aromatic carbocycles. The maximum atomic E-state index is 12.4. The van der Waals surface area contributed by atoms with Crippen LogP contribution in [-0.4, -0.2) is 43.5 Å². The standard InChI is InChI=1S/C21H25ClN2O4/c1-3-24(15-20(25)23-18-7-4-5-8-19(18)27-2)21(26)9-6-14-28-17-12-10-16(22)11-13-17/h4-5,7-8,10-13H,3,6,9,14-15H2,1-2H3,(H,23,25). The van der Waals surface area contributed by atoms with Gasteiger partial charge in [0.2, 0.25) is 11.8 Å². The summed E-state index contributed by atoms with van der Waals surface area (Å²) in [6, 6.07) is 14.2. The van der Waals surface area contributed by atoms with E-state index in [2.05, 4.69) is 5.32 Å². The quantitative estimate of drug-likeness (QED) is 0.608. The molecule has 7 heteroatoms. The molecule has 0 saturated heterocycles. The van der Waals surface area contributed by atoms with Gasteiger partial charge in [-0.3, -0.25) is 9.59 Å². The van der Waals surface area contributed by atoms with Crippen LogP contribution in [0.1, 0.15) is 19.8 Å². The van der Waals surface area contributed by atoms with E-state index in [4.69, 9.17) is 21.1 Å². The first-order valence-electron chi connectivity index (χ1n) is 9.12. The predicted octanol–water partition coefficient (Wildman–Crippen LogP) is 3.99. The molecule has 2 rings (SSSR count). The molecule has 0 radical (unpaired) electrons. The fourth-order valence-corrected chi connectivity index (χ4v) is 2.72. The van der Waals surface area contributed by atoms with Gasteiger partial charge in [-0.2, -0.15) is 0 Å². The molecule has 2 amide bonds. The number of carbonyl (C=O) groups excluding carboxylic acids is 2. The van der Waals surface area contributed by atoms with Gasteiger partial charge >= 0.3 is 0 Å². The fraction of sp³-hybridized carbons (Fsp3) is 0.333. The van der Waals surface area contributed by atoms with Gasteiger partial charge in [-0.05, 0) is 49.7 Å². The minimum atomic E-state index is -0.267. The van der Waals surface area contributed by atoms with Crippen molar-refractivity contribution in [2.45, 2.75) is 19.8 Å². The molecular weight excluding hydrogens is 380 g/mol. The Morgan fingerprint density at radius 3 is 2.50 bits per heavy atom. The Hall–Kier alpha value is -2.73. The Morgan fingerprint density at radius 2 is 1.82 bits per heavy atom. The highest BCUT2D eigenvalue weighted by Crippen LogP contribution is 2.22. The first-order chi connectivity index (χ1) is 13.5. The van der Waals surface area contributed by atoms with Crippen LogP contribution in [0.3, 0.4) is 0 Å². The van der Waals surface area contributed by atoms with Gasteiger partial charge in [-0.1, -0.05) is 23.7 Å². The number of nitrogens with one attached hydrogen (secondary N) is 1. The lowest BCUT2D eigenvalue weighted by atomic mass is 10.2. The Labute approximate surface area is 170 Å². The number of hydrogen-bond acceptors (Lipinski definition) is 4. The highest BCUT2D eigenvalue weighted by Gasteiger charge is 2.16. The van der Waals surface area contributed by atoms with E-state index < -0.39 is 0 Å². The molecule has 0 saturated carbocycles. The van der Waals surface area contributed by atoms with Crippen molar-refractivity contribution in [2.75, 3.05) is 32.1 Å². The third-order valence-corrected chi connectivity index (χ3v) is 4.32. The third kappa shape index (κ3) is 6.78. The van der Waals surface area contributed by atoms with Crippen LogP contribution in [0.25, 0.3) is 0 Å². The summed E-state index contributed by atoms with van der Waals surface area (Å²) in [7, 11) is 1.54. The summed E-state index contributed by atoms with van der Waals surface area (Å²) in [4.78, 5) is 26.2. The molecule has 28 heavy (non-hydrogen) atoms. The Bertz CT molecular complexity index is 780. The maximum Gasteiger partial charge on any atom is 0.244 e. The second-order valence-corrected chi connectivity index (χ2v) is 6.50. The van der Waals surface area contributed by atoms with Crippen LogP contribution < -0.4 is 14.8 Å². The van der Waals surface area contributed by atoms with Crippen molar-refractivity contribution in [1.82, 2.24) is 4.90 Å². The van der Waals surface area contributed by atoms with Gasteiger partial charge in [0, 0.05) is 18.0 Å². The van der Waals surface area contributed by atoms with Gasteiger partial charge in [-0.15, -0.1) is 0 Å².